The fraction of sp³-hybridized carbons (Fsp3) is 0.0185. The highest BCUT2D eigenvalue weighted by atomic mass is 16.5. The Labute approximate surface area is 335 Å². The van der Waals surface area contributed by atoms with Crippen molar-refractivity contribution in [2.75, 3.05) is 0 Å². The lowest BCUT2D eigenvalue weighted by Crippen LogP contribution is -2.32. The minimum Gasteiger partial charge on any atom is -0.457 e. The molecule has 0 N–H and O–H groups in total. The van der Waals surface area contributed by atoms with Crippen LogP contribution in [0.2, 0.25) is 0 Å². The van der Waals surface area contributed by atoms with E-state index >= 15 is 0 Å². The van der Waals surface area contributed by atoms with Crippen molar-refractivity contribution in [1.82, 2.24) is 15.0 Å². The van der Waals surface area contributed by atoms with E-state index in [1.807, 2.05) is 18.2 Å². The van der Waals surface area contributed by atoms with Gasteiger partial charge >= 0.3 is 0 Å². The monoisotopic (exact) mass is 739 g/mol. The minimum atomic E-state index is -0.638. The molecule has 9 aromatic carbocycles. The van der Waals surface area contributed by atoms with Crippen LogP contribution < -0.4 is 4.74 Å². The number of hydrogen-bond acceptors (Lipinski definition) is 4. The lowest BCUT2D eigenvalue weighted by Gasteiger charge is -2.39. The van der Waals surface area contributed by atoms with Crippen LogP contribution in [0.5, 0.6) is 11.5 Å². The molecule has 0 amide bonds. The van der Waals surface area contributed by atoms with E-state index in [-0.39, 0.29) is 0 Å². The molecule has 2 heterocycles. The van der Waals surface area contributed by atoms with E-state index < -0.39 is 5.41 Å². The zero-order chi connectivity index (χ0) is 38.2. The highest BCUT2D eigenvalue weighted by Gasteiger charge is 2.51. The van der Waals surface area contributed by atoms with Crippen LogP contribution in [0.15, 0.2) is 200 Å². The number of benzene rings is 9. The lowest BCUT2D eigenvalue weighted by molar-refractivity contribution is 0.436. The van der Waals surface area contributed by atoms with Gasteiger partial charge in [0.2, 0.25) is 0 Å². The molecule has 12 rings (SSSR count). The van der Waals surface area contributed by atoms with Crippen molar-refractivity contribution in [3.05, 3.63) is 222 Å². The average Bonchev–Trinajstić information content (AvgIpc) is 3.59. The SMILES string of the molecule is c1ccc(-c2nc(-c3cccc(-c4cccc5ccccc45)c3)nc(-c3ccc4c(c3)C3(c5ccccc5Oc5ccccc53)c3ccc5ccccc5c3-4)n2)cc1. The second-order valence-corrected chi connectivity index (χ2v) is 15.1. The molecule has 0 fully saturated rings. The summed E-state index contributed by atoms with van der Waals surface area (Å²) >= 11 is 0. The van der Waals surface area contributed by atoms with Crippen molar-refractivity contribution < 1.29 is 4.74 Å². The van der Waals surface area contributed by atoms with Gasteiger partial charge in [-0.1, -0.05) is 176 Å². The van der Waals surface area contributed by atoms with Crippen molar-refractivity contribution in [2.45, 2.75) is 5.41 Å². The number of fused-ring (bicyclic) bond motifs is 12. The van der Waals surface area contributed by atoms with Crippen molar-refractivity contribution in [3.63, 3.8) is 0 Å². The van der Waals surface area contributed by atoms with Gasteiger partial charge in [-0.3, -0.25) is 0 Å². The molecule has 4 nitrogen and oxygen atoms in total. The summed E-state index contributed by atoms with van der Waals surface area (Å²) in [5, 5.41) is 4.86. The first-order valence-corrected chi connectivity index (χ1v) is 19.7. The lowest BCUT2D eigenvalue weighted by atomic mass is 9.66. The Morgan fingerprint density at radius 3 is 1.64 bits per heavy atom. The Hall–Kier alpha value is -7.69. The second-order valence-electron chi connectivity index (χ2n) is 15.1. The summed E-state index contributed by atoms with van der Waals surface area (Å²) in [7, 11) is 0. The van der Waals surface area contributed by atoms with Gasteiger partial charge in [0.15, 0.2) is 17.5 Å². The molecule has 58 heavy (non-hydrogen) atoms. The van der Waals surface area contributed by atoms with E-state index in [1.54, 1.807) is 0 Å². The molecule has 270 valence electrons. The quantitative estimate of drug-likeness (QED) is 0.180. The van der Waals surface area contributed by atoms with Crippen molar-refractivity contribution >= 4 is 21.5 Å². The smallest absolute Gasteiger partial charge is 0.164 e. The maximum atomic E-state index is 6.66. The van der Waals surface area contributed by atoms with Gasteiger partial charge < -0.3 is 4.74 Å². The zero-order valence-corrected chi connectivity index (χ0v) is 31.3. The molecule has 10 aromatic rings. The van der Waals surface area contributed by atoms with Crippen LogP contribution in [0.25, 0.3) is 78.0 Å². The molecule has 0 atom stereocenters. The van der Waals surface area contributed by atoms with Gasteiger partial charge in [0.05, 0.1) is 5.41 Å². The predicted octanol–water partition coefficient (Wildman–Crippen LogP) is 13.3. The van der Waals surface area contributed by atoms with E-state index in [2.05, 4.69) is 182 Å². The molecule has 4 heteroatoms. The Morgan fingerprint density at radius 1 is 0.328 bits per heavy atom. The van der Waals surface area contributed by atoms with Crippen molar-refractivity contribution in [1.29, 1.82) is 0 Å². The van der Waals surface area contributed by atoms with E-state index in [0.717, 1.165) is 44.9 Å². The summed E-state index contributed by atoms with van der Waals surface area (Å²) in [6, 6.07) is 70.8. The van der Waals surface area contributed by atoms with Crippen LogP contribution in [0.1, 0.15) is 22.3 Å². The third-order valence-electron chi connectivity index (χ3n) is 12.0. The number of para-hydroxylation sites is 2. The van der Waals surface area contributed by atoms with Crippen LogP contribution >= 0.6 is 0 Å². The van der Waals surface area contributed by atoms with Gasteiger partial charge in [0, 0.05) is 27.8 Å². The molecular weight excluding hydrogens is 707 g/mol. The normalized spacial score (nSPS) is 13.1. The zero-order valence-electron chi connectivity index (χ0n) is 31.3. The fourth-order valence-corrected chi connectivity index (χ4v) is 9.46. The molecule has 0 saturated carbocycles. The summed E-state index contributed by atoms with van der Waals surface area (Å²) in [5.41, 5.74) is 11.5. The van der Waals surface area contributed by atoms with E-state index in [0.29, 0.717) is 17.5 Å². The molecular formula is C54H33N3O. The number of rotatable bonds is 4. The molecule has 0 radical (unpaired) electrons. The van der Waals surface area contributed by atoms with Crippen molar-refractivity contribution in [2.24, 2.45) is 0 Å². The largest absolute Gasteiger partial charge is 0.457 e. The molecule has 2 aliphatic rings. The molecule has 1 aromatic heterocycles. The van der Waals surface area contributed by atoms with Crippen LogP contribution in [0, 0.1) is 0 Å². The summed E-state index contributed by atoms with van der Waals surface area (Å²) in [4.78, 5) is 15.7. The van der Waals surface area contributed by atoms with Crippen molar-refractivity contribution in [3.8, 4) is 67.9 Å². The summed E-state index contributed by atoms with van der Waals surface area (Å²) in [6.45, 7) is 0. The molecule has 1 aliphatic heterocycles. The minimum absolute atomic E-state index is 0.617. The van der Waals surface area contributed by atoms with Gasteiger partial charge in [-0.25, -0.2) is 15.0 Å². The number of aromatic nitrogens is 3. The van der Waals surface area contributed by atoms with Crippen LogP contribution in [-0.4, -0.2) is 15.0 Å². The Morgan fingerprint density at radius 2 is 0.879 bits per heavy atom. The highest BCUT2D eigenvalue weighted by Crippen LogP contribution is 2.63. The highest BCUT2D eigenvalue weighted by molar-refractivity contribution is 6.05. The van der Waals surface area contributed by atoms with Gasteiger partial charge in [-0.05, 0) is 79.2 Å². The molecule has 0 saturated heterocycles. The van der Waals surface area contributed by atoms with E-state index in [1.165, 1.54) is 49.4 Å². The van der Waals surface area contributed by atoms with Gasteiger partial charge in [-0.15, -0.1) is 0 Å². The van der Waals surface area contributed by atoms with Crippen LogP contribution in [0.4, 0.5) is 0 Å². The first-order chi connectivity index (χ1) is 28.7. The topological polar surface area (TPSA) is 47.9 Å². The molecule has 1 aliphatic carbocycles. The third-order valence-corrected chi connectivity index (χ3v) is 12.0. The fourth-order valence-electron chi connectivity index (χ4n) is 9.46. The van der Waals surface area contributed by atoms with Gasteiger partial charge in [-0.2, -0.15) is 0 Å². The number of ether oxygens (including phenoxy) is 1. The Bertz CT molecular complexity index is 3230. The molecule has 0 bridgehead atoms. The Kier molecular flexibility index (Phi) is 7.11. The maximum absolute atomic E-state index is 6.66. The van der Waals surface area contributed by atoms with Gasteiger partial charge in [0.25, 0.3) is 0 Å². The first kappa shape index (κ1) is 32.5. The number of nitrogens with zero attached hydrogens (tertiary/aromatic N) is 3. The molecule has 0 unspecified atom stereocenters. The Balaban J connectivity index is 1.11. The summed E-state index contributed by atoms with van der Waals surface area (Å²) in [5.74, 6) is 3.59. The van der Waals surface area contributed by atoms with Crippen LogP contribution in [-0.2, 0) is 5.41 Å². The maximum Gasteiger partial charge on any atom is 0.164 e. The molecule has 1 spiro atoms. The van der Waals surface area contributed by atoms with Crippen LogP contribution in [0.3, 0.4) is 0 Å². The second kappa shape index (κ2) is 12.7. The summed E-state index contributed by atoms with van der Waals surface area (Å²) < 4.78 is 6.66. The first-order valence-electron chi connectivity index (χ1n) is 19.7. The van der Waals surface area contributed by atoms with E-state index in [4.69, 9.17) is 19.7 Å². The number of hydrogen-bond donors (Lipinski definition) is 0. The third kappa shape index (κ3) is 4.79. The van der Waals surface area contributed by atoms with Gasteiger partial charge in [0.1, 0.15) is 11.5 Å². The average molecular weight is 740 g/mol. The van der Waals surface area contributed by atoms with E-state index in [9.17, 15) is 0 Å². The predicted molar refractivity (Wildman–Crippen MR) is 234 cm³/mol. The summed E-state index contributed by atoms with van der Waals surface area (Å²) in [6.07, 6.45) is 0. The standard InChI is InChI=1S/C54H33N3O/c1-2-16-36(17-3-1)51-55-52(38-20-12-19-37(32-38)41-23-13-18-34-14-4-6-21-40(34)41)57-53(56-51)39-28-30-43-47(33-39)54(46-31-29-35-15-5-7-22-42(35)50(43)46)44-24-8-10-26-48(44)58-49-27-11-9-25-45(49)54/h1-33H.